The molecule has 1 aliphatic heterocycles. The number of hydrogen-bond donors (Lipinski definition) is 3. The largest absolute Gasteiger partial charge is 0.367 e. The quantitative estimate of drug-likeness (QED) is 0.129. The number of aromatic nitrogens is 2. The van der Waals surface area contributed by atoms with Crippen LogP contribution in [-0.2, 0) is 4.79 Å². The molecular formula is C42H37F2N11O3S2. The van der Waals surface area contributed by atoms with E-state index in [9.17, 15) is 23.2 Å². The van der Waals surface area contributed by atoms with Crippen molar-refractivity contribution in [3.05, 3.63) is 106 Å². The van der Waals surface area contributed by atoms with Crippen molar-refractivity contribution in [1.29, 1.82) is 15.8 Å². The molecule has 60 heavy (non-hydrogen) atoms. The molecule has 0 radical (unpaired) electrons. The van der Waals surface area contributed by atoms with Gasteiger partial charge in [0.15, 0.2) is 5.11 Å². The first-order valence-electron chi connectivity index (χ1n) is 18.4. The summed E-state index contributed by atoms with van der Waals surface area (Å²) in [7, 11) is 2.88. The van der Waals surface area contributed by atoms with Crippen molar-refractivity contribution in [2.75, 3.05) is 29.2 Å². The average Bonchev–Trinajstić information content (AvgIpc) is 3.45. The third kappa shape index (κ3) is 8.84. The SMILES string of the molecule is CNC(=O)c1ccc(N2C(=S)N(c3cnc(C#N)c(C)c3)C(=O)C23CCC3)cc1F.CNC(=O)c1ccc(NC2(C#N)CCC2)cc1F.Cc1cc(N=C=S)cnc1C#N. The average molecular weight is 846 g/mol. The highest BCUT2D eigenvalue weighted by Gasteiger charge is 2.59. The Hall–Kier alpha value is -7.03. The number of aliphatic imine (C=N–C) groups is 1. The van der Waals surface area contributed by atoms with Crippen molar-refractivity contribution < 1.29 is 23.2 Å². The van der Waals surface area contributed by atoms with Gasteiger partial charge in [-0.25, -0.2) is 18.7 Å². The number of hydrogen-bond acceptors (Lipinski definition) is 12. The van der Waals surface area contributed by atoms with Crippen LogP contribution in [0.4, 0.5) is 31.5 Å². The summed E-state index contributed by atoms with van der Waals surface area (Å²) < 4.78 is 28.3. The molecule has 4 aromatic rings. The summed E-state index contributed by atoms with van der Waals surface area (Å²) in [5.74, 6) is -2.46. The fraction of sp³-hybridized carbons (Fsp3) is 0.286. The Bertz CT molecular complexity index is 2570. The van der Waals surface area contributed by atoms with Crippen LogP contribution < -0.4 is 25.8 Å². The van der Waals surface area contributed by atoms with E-state index in [1.165, 1.54) is 55.7 Å². The van der Waals surface area contributed by atoms with Crippen LogP contribution in [0.15, 0.2) is 65.9 Å². The van der Waals surface area contributed by atoms with Crippen molar-refractivity contribution in [3.63, 3.8) is 0 Å². The number of benzene rings is 2. The number of aryl methyl sites for hydroxylation is 2. The third-order valence-electron chi connectivity index (χ3n) is 10.3. The molecule has 2 saturated carbocycles. The number of anilines is 3. The van der Waals surface area contributed by atoms with Gasteiger partial charge < -0.3 is 20.9 Å². The Balaban J connectivity index is 0.000000192. The molecule has 3 aliphatic rings. The first kappa shape index (κ1) is 44.1. The summed E-state index contributed by atoms with van der Waals surface area (Å²) in [6.07, 6.45) is 7.49. The molecule has 7 rings (SSSR count). The number of amides is 3. The highest BCUT2D eigenvalue weighted by Crippen LogP contribution is 2.48. The highest BCUT2D eigenvalue weighted by molar-refractivity contribution is 7.81. The van der Waals surface area contributed by atoms with Crippen LogP contribution in [0.25, 0.3) is 0 Å². The number of halogens is 2. The fourth-order valence-electron chi connectivity index (χ4n) is 6.74. The number of pyridine rings is 2. The molecule has 0 bridgehead atoms. The molecule has 2 aliphatic carbocycles. The molecule has 2 aromatic heterocycles. The molecule has 3 N–H and O–H groups in total. The van der Waals surface area contributed by atoms with E-state index in [0.717, 1.165) is 31.2 Å². The molecule has 18 heteroatoms. The van der Waals surface area contributed by atoms with E-state index in [1.54, 1.807) is 43.0 Å². The van der Waals surface area contributed by atoms with Gasteiger partial charge in [0.1, 0.15) is 46.2 Å². The smallest absolute Gasteiger partial charge is 0.259 e. The number of nitrogens with zero attached hydrogens (tertiary/aromatic N) is 8. The van der Waals surface area contributed by atoms with Crippen molar-refractivity contribution in [1.82, 2.24) is 20.6 Å². The summed E-state index contributed by atoms with van der Waals surface area (Å²) in [5, 5.41) is 37.0. The molecule has 3 heterocycles. The minimum Gasteiger partial charge on any atom is -0.367 e. The van der Waals surface area contributed by atoms with Crippen LogP contribution in [0.2, 0.25) is 0 Å². The van der Waals surface area contributed by atoms with Crippen molar-refractivity contribution in [2.45, 2.75) is 63.5 Å². The second-order valence-electron chi connectivity index (χ2n) is 14.0. The standard InChI is InChI=1S/C21H18FN5O2S.C13H14FN3O.C8H5N3S/c1-12-8-14(11-25-17(12)10-23)26-19(29)21(6-3-7-21)27(20(26)30)13-4-5-15(16(22)9-13)18(28)24-2;1-16-12(18)10-4-3-9(7-11(10)14)17-13(8-15)5-2-6-13;1-6-2-7(11-5-12)4-10-8(6)3-9/h4-5,8-9,11H,3,6-7H2,1-2H3,(H,24,28);3-4,7,17H,2,5-6H2,1H3,(H,16,18);2,4H,1H3. The molecule has 1 saturated heterocycles. The monoisotopic (exact) mass is 845 g/mol. The lowest BCUT2D eigenvalue weighted by Crippen LogP contribution is -2.55. The van der Waals surface area contributed by atoms with Crippen molar-refractivity contribution in [3.8, 4) is 18.2 Å². The number of carbonyl (C=O) groups is 3. The van der Waals surface area contributed by atoms with Gasteiger partial charge in [-0.2, -0.15) is 20.8 Å². The maximum absolute atomic E-state index is 14.6. The maximum Gasteiger partial charge on any atom is 0.259 e. The fourth-order valence-corrected chi connectivity index (χ4v) is 7.32. The Labute approximate surface area is 355 Å². The number of isothiocyanates is 1. The second kappa shape index (κ2) is 18.7. The first-order chi connectivity index (χ1) is 28.7. The van der Waals surface area contributed by atoms with Crippen LogP contribution in [0.5, 0.6) is 0 Å². The van der Waals surface area contributed by atoms with E-state index in [2.05, 4.69) is 54.4 Å². The molecule has 304 valence electrons. The summed E-state index contributed by atoms with van der Waals surface area (Å²) in [6, 6.07) is 18.1. The van der Waals surface area contributed by atoms with Crippen LogP contribution in [0.1, 0.15) is 81.8 Å². The molecule has 1 spiro atoms. The Kier molecular flexibility index (Phi) is 13.7. The zero-order chi connectivity index (χ0) is 43.8. The number of rotatable bonds is 7. The van der Waals surface area contributed by atoms with Crippen LogP contribution >= 0.6 is 24.4 Å². The topological polar surface area (TPSA) is 203 Å². The predicted octanol–water partition coefficient (Wildman–Crippen LogP) is 6.86. The number of carbonyl (C=O) groups excluding carboxylic acids is 3. The summed E-state index contributed by atoms with van der Waals surface area (Å²) in [6.45, 7) is 3.54. The van der Waals surface area contributed by atoms with Gasteiger partial charge in [-0.1, -0.05) is 0 Å². The molecule has 14 nitrogen and oxygen atoms in total. The van der Waals surface area contributed by atoms with Gasteiger partial charge in [0, 0.05) is 25.5 Å². The van der Waals surface area contributed by atoms with Gasteiger partial charge in [0.2, 0.25) is 0 Å². The van der Waals surface area contributed by atoms with E-state index in [-0.39, 0.29) is 27.8 Å². The molecule has 2 aromatic carbocycles. The third-order valence-corrected chi connectivity index (χ3v) is 10.7. The van der Waals surface area contributed by atoms with Crippen LogP contribution in [0, 0.1) is 59.5 Å². The molecular weight excluding hydrogens is 809 g/mol. The minimum atomic E-state index is -0.875. The van der Waals surface area contributed by atoms with E-state index >= 15 is 0 Å². The maximum atomic E-state index is 14.6. The predicted molar refractivity (Wildman–Crippen MR) is 227 cm³/mol. The van der Waals surface area contributed by atoms with E-state index < -0.39 is 34.5 Å². The van der Waals surface area contributed by atoms with Crippen molar-refractivity contribution in [2.24, 2.45) is 4.99 Å². The summed E-state index contributed by atoms with van der Waals surface area (Å²) in [5.41, 5.74) is 2.64. The van der Waals surface area contributed by atoms with E-state index in [1.807, 2.05) is 12.1 Å². The lowest BCUT2D eigenvalue weighted by atomic mass is 9.75. The summed E-state index contributed by atoms with van der Waals surface area (Å²) in [4.78, 5) is 51.4. The van der Waals surface area contributed by atoms with E-state index in [0.29, 0.717) is 46.8 Å². The number of thiocarbonyl (C=S) groups is 2. The van der Waals surface area contributed by atoms with Crippen molar-refractivity contribution >= 4 is 75.2 Å². The zero-order valence-electron chi connectivity index (χ0n) is 32.9. The molecule has 0 atom stereocenters. The van der Waals surface area contributed by atoms with Gasteiger partial charge in [-0.15, -0.1) is 0 Å². The Morgan fingerprint density at radius 2 is 1.38 bits per heavy atom. The molecule has 3 amide bonds. The number of nitrogens with one attached hydrogen (secondary N) is 3. The lowest BCUT2D eigenvalue weighted by Gasteiger charge is -2.43. The van der Waals surface area contributed by atoms with Gasteiger partial charge >= 0.3 is 0 Å². The Morgan fingerprint density at radius 3 is 1.83 bits per heavy atom. The Morgan fingerprint density at radius 1 is 0.817 bits per heavy atom. The molecule has 0 unspecified atom stereocenters. The van der Waals surface area contributed by atoms with Gasteiger partial charge in [-0.05, 0) is 136 Å². The molecule has 3 fully saturated rings. The zero-order valence-corrected chi connectivity index (χ0v) is 34.5. The number of nitriles is 3. The van der Waals surface area contributed by atoms with Crippen LogP contribution in [0.3, 0.4) is 0 Å². The van der Waals surface area contributed by atoms with Gasteiger partial charge in [-0.3, -0.25) is 19.3 Å². The summed E-state index contributed by atoms with van der Waals surface area (Å²) >= 11 is 10.1. The van der Waals surface area contributed by atoms with Crippen LogP contribution in [-0.4, -0.2) is 63.1 Å². The van der Waals surface area contributed by atoms with Gasteiger partial charge in [0.05, 0.1) is 46.1 Å². The highest BCUT2D eigenvalue weighted by atomic mass is 32.1. The van der Waals surface area contributed by atoms with E-state index in [4.69, 9.17) is 28.0 Å². The second-order valence-corrected chi connectivity index (χ2v) is 14.5. The normalized spacial score (nSPS) is 15.1. The van der Waals surface area contributed by atoms with Gasteiger partial charge in [0.25, 0.3) is 17.7 Å². The lowest BCUT2D eigenvalue weighted by molar-refractivity contribution is -0.123. The minimum absolute atomic E-state index is 0.00247. The first-order valence-corrected chi connectivity index (χ1v) is 19.3.